The van der Waals surface area contributed by atoms with Gasteiger partial charge in [-0.05, 0) is 80.2 Å². The van der Waals surface area contributed by atoms with E-state index in [1.54, 1.807) is 75.4 Å². The second-order valence-electron chi connectivity index (χ2n) is 15.2. The average molecular weight is 711 g/mol. The molecule has 2 fully saturated rings. The Bertz CT molecular complexity index is 1960. The molecule has 0 heterocycles. The molecule has 2 aromatic carbocycles. The number of esters is 3. The zero-order chi connectivity index (χ0) is 37.9. The Balaban J connectivity index is 1.50. The van der Waals surface area contributed by atoms with Crippen molar-refractivity contribution in [3.63, 3.8) is 0 Å². The molecule has 274 valence electrons. The number of para-hydroxylation sites is 2. The smallest absolute Gasteiger partial charge is 0.340 e. The molecule has 2 bridgehead atoms. The van der Waals surface area contributed by atoms with E-state index in [0.717, 1.165) is 0 Å². The minimum atomic E-state index is -2.34. The third-order valence-electron chi connectivity index (χ3n) is 11.9. The van der Waals surface area contributed by atoms with E-state index in [1.165, 1.54) is 19.1 Å². The summed E-state index contributed by atoms with van der Waals surface area (Å²) in [6.07, 6.45) is 2.56. The third-order valence-corrected chi connectivity index (χ3v) is 11.9. The third kappa shape index (κ3) is 5.66. The van der Waals surface area contributed by atoms with Gasteiger partial charge in [-0.25, -0.2) is 9.59 Å². The van der Waals surface area contributed by atoms with Crippen LogP contribution < -0.4 is 11.1 Å². The van der Waals surface area contributed by atoms with E-state index in [9.17, 15) is 24.3 Å². The van der Waals surface area contributed by atoms with Crippen LogP contribution in [0.4, 0.5) is 11.4 Å². The van der Waals surface area contributed by atoms with Gasteiger partial charge in [-0.15, -0.1) is 0 Å². The summed E-state index contributed by atoms with van der Waals surface area (Å²) >= 11 is 0. The molecule has 4 aliphatic carbocycles. The summed E-state index contributed by atoms with van der Waals surface area (Å²) in [6.45, 7) is 11.9. The average Bonchev–Trinajstić information content (AvgIpc) is 3.60. The van der Waals surface area contributed by atoms with Crippen molar-refractivity contribution >= 4 is 41.0 Å². The zero-order valence-electron chi connectivity index (χ0n) is 30.5. The van der Waals surface area contributed by atoms with Crippen molar-refractivity contribution in [3.05, 3.63) is 94.6 Å². The van der Waals surface area contributed by atoms with Crippen LogP contribution >= 0.6 is 0 Å². The van der Waals surface area contributed by atoms with Gasteiger partial charge in [0.05, 0.1) is 22.2 Å². The standard InChI is InChI=1S/C41H46N2O9/c1-8-21(2)37(47)50-20-25-18-28-32-29(39(32,6)7)17-23(4)40(33(28)45)19-22(3)34(51-24(5)44)41(40,49)35(25)52-38(48)27-14-10-12-16-31(27)43-36(46)26-13-9-11-15-30(26)42/h8-16,18-19,23,28-29,32,34-35,49H,17,20,42H2,1-7H3,(H,43,46)/b21-8+/t23-,28+,29-,32+,34+,35-,40+,41-/m1/s1. The highest BCUT2D eigenvalue weighted by molar-refractivity contribution is 6.10. The number of carbonyl (C=O) groups excluding carboxylic acids is 5. The first kappa shape index (κ1) is 36.8. The van der Waals surface area contributed by atoms with E-state index < -0.39 is 65.5 Å². The molecular formula is C41H46N2O9. The Hall–Kier alpha value is -5.03. The summed E-state index contributed by atoms with van der Waals surface area (Å²) in [4.78, 5) is 68.5. The molecule has 8 atom stereocenters. The number of hydrogen-bond donors (Lipinski definition) is 3. The molecule has 0 radical (unpaired) electrons. The van der Waals surface area contributed by atoms with Crippen molar-refractivity contribution in [1.82, 2.24) is 0 Å². The number of benzene rings is 2. The number of rotatable bonds is 8. The van der Waals surface area contributed by atoms with Crippen molar-refractivity contribution in [2.24, 2.45) is 34.5 Å². The Labute approximate surface area is 303 Å². The van der Waals surface area contributed by atoms with Crippen LogP contribution in [0.25, 0.3) is 0 Å². The van der Waals surface area contributed by atoms with Gasteiger partial charge in [0.15, 0.2) is 23.6 Å². The lowest BCUT2D eigenvalue weighted by Crippen LogP contribution is -2.66. The molecule has 0 saturated heterocycles. The molecule has 0 unspecified atom stereocenters. The number of hydrogen-bond acceptors (Lipinski definition) is 10. The number of nitrogens with one attached hydrogen (secondary N) is 1. The molecular weight excluding hydrogens is 664 g/mol. The van der Waals surface area contributed by atoms with Crippen LogP contribution in [0.3, 0.4) is 0 Å². The minimum Gasteiger partial charge on any atom is -0.458 e. The number of fused-ring (bicyclic) bond motifs is 3. The Morgan fingerprint density at radius 2 is 1.65 bits per heavy atom. The summed E-state index contributed by atoms with van der Waals surface area (Å²) in [5, 5.41) is 16.1. The van der Waals surface area contributed by atoms with Crippen LogP contribution in [-0.2, 0) is 28.6 Å². The Morgan fingerprint density at radius 1 is 1.00 bits per heavy atom. The minimum absolute atomic E-state index is 0.0528. The SMILES string of the molecule is C/C=C(\C)C(=O)OCC1=C[C@@H]2C(=O)[C@]3(C=C(C)[C@H](OC(C)=O)[C@@]3(O)[C@@H]1OC(=O)c1ccccc1NC(=O)c1ccccc1N)[C@H](C)C[C@@H]1[C@H]2C1(C)C. The van der Waals surface area contributed by atoms with Crippen LogP contribution in [0.1, 0.15) is 75.6 Å². The van der Waals surface area contributed by atoms with E-state index in [-0.39, 0.29) is 51.1 Å². The fourth-order valence-electron chi connectivity index (χ4n) is 9.11. The molecule has 0 aromatic heterocycles. The van der Waals surface area contributed by atoms with Gasteiger partial charge in [0.1, 0.15) is 6.61 Å². The van der Waals surface area contributed by atoms with E-state index >= 15 is 4.79 Å². The highest BCUT2D eigenvalue weighted by Crippen LogP contribution is 2.72. The summed E-state index contributed by atoms with van der Waals surface area (Å²) < 4.78 is 17.9. The largest absolute Gasteiger partial charge is 0.458 e. The molecule has 52 heavy (non-hydrogen) atoms. The van der Waals surface area contributed by atoms with Gasteiger partial charge in [0, 0.05) is 29.7 Å². The number of nitrogens with two attached hydrogens (primary N) is 1. The van der Waals surface area contributed by atoms with E-state index in [2.05, 4.69) is 19.2 Å². The van der Waals surface area contributed by atoms with Crippen LogP contribution in [0.5, 0.6) is 0 Å². The molecule has 6 rings (SSSR count). The molecule has 11 heteroatoms. The number of nitrogen functional groups attached to an aromatic ring is 1. The van der Waals surface area contributed by atoms with Crippen molar-refractivity contribution in [3.8, 4) is 0 Å². The number of aliphatic hydroxyl groups is 1. The van der Waals surface area contributed by atoms with Gasteiger partial charge in [0.25, 0.3) is 5.91 Å². The van der Waals surface area contributed by atoms with Crippen LogP contribution in [0, 0.1) is 34.5 Å². The van der Waals surface area contributed by atoms with Gasteiger partial charge in [-0.1, -0.05) is 63.3 Å². The maximum Gasteiger partial charge on any atom is 0.340 e. The first-order valence-corrected chi connectivity index (χ1v) is 17.6. The lowest BCUT2D eigenvalue weighted by atomic mass is 9.59. The van der Waals surface area contributed by atoms with Crippen molar-refractivity contribution in [1.29, 1.82) is 0 Å². The highest BCUT2D eigenvalue weighted by Gasteiger charge is 2.77. The fraction of sp³-hybridized carbons (Fsp3) is 0.439. The molecule has 1 spiro atoms. The monoisotopic (exact) mass is 710 g/mol. The highest BCUT2D eigenvalue weighted by atomic mass is 16.6. The maximum atomic E-state index is 15.1. The van der Waals surface area contributed by atoms with Gasteiger partial charge < -0.3 is 30.4 Å². The summed E-state index contributed by atoms with van der Waals surface area (Å²) in [7, 11) is 0. The van der Waals surface area contributed by atoms with Crippen molar-refractivity contribution < 1.29 is 43.3 Å². The van der Waals surface area contributed by atoms with E-state index in [4.69, 9.17) is 19.9 Å². The first-order valence-electron chi connectivity index (χ1n) is 17.6. The Morgan fingerprint density at radius 3 is 2.31 bits per heavy atom. The topological polar surface area (TPSA) is 171 Å². The summed E-state index contributed by atoms with van der Waals surface area (Å²) in [5.41, 5.74) is 3.30. The number of allylic oxidation sites excluding steroid dienone is 2. The molecule has 4 N–H and O–H groups in total. The lowest BCUT2D eigenvalue weighted by molar-refractivity contribution is -0.203. The first-order chi connectivity index (χ1) is 24.5. The maximum absolute atomic E-state index is 15.1. The van der Waals surface area contributed by atoms with Crippen molar-refractivity contribution in [2.75, 3.05) is 17.7 Å². The molecule has 0 aliphatic heterocycles. The predicted molar refractivity (Wildman–Crippen MR) is 193 cm³/mol. The fourth-order valence-corrected chi connectivity index (χ4v) is 9.11. The van der Waals surface area contributed by atoms with Crippen LogP contribution in [-0.4, -0.2) is 59.1 Å². The van der Waals surface area contributed by atoms with Crippen molar-refractivity contribution in [2.45, 2.75) is 72.7 Å². The lowest BCUT2D eigenvalue weighted by Gasteiger charge is -2.49. The van der Waals surface area contributed by atoms with E-state index in [0.29, 0.717) is 17.6 Å². The number of ether oxygens (including phenoxy) is 3. The van der Waals surface area contributed by atoms with Gasteiger partial charge in [-0.2, -0.15) is 0 Å². The van der Waals surface area contributed by atoms with Crippen LogP contribution in [0.15, 0.2) is 83.5 Å². The molecule has 11 nitrogen and oxygen atoms in total. The van der Waals surface area contributed by atoms with Gasteiger partial charge in [-0.3, -0.25) is 14.4 Å². The number of carbonyl (C=O) groups is 5. The van der Waals surface area contributed by atoms with Crippen LogP contribution in [0.2, 0.25) is 0 Å². The normalized spacial score (nSPS) is 31.4. The van der Waals surface area contributed by atoms with Gasteiger partial charge in [0.2, 0.25) is 0 Å². The number of amides is 1. The number of ketones is 1. The second kappa shape index (κ2) is 13.2. The predicted octanol–water partition coefficient (Wildman–Crippen LogP) is 5.60. The molecule has 1 amide bonds. The summed E-state index contributed by atoms with van der Waals surface area (Å²) in [6, 6.07) is 12.7. The van der Waals surface area contributed by atoms with Gasteiger partial charge >= 0.3 is 17.9 Å². The van der Waals surface area contributed by atoms with E-state index in [1.807, 2.05) is 6.92 Å². The number of anilines is 2. The quantitative estimate of drug-likeness (QED) is 0.103. The molecule has 2 aromatic rings. The molecule has 2 saturated carbocycles. The zero-order valence-corrected chi connectivity index (χ0v) is 30.5. The summed E-state index contributed by atoms with van der Waals surface area (Å²) in [5.74, 6) is -4.24. The molecule has 4 aliphatic rings. The Kier molecular flexibility index (Phi) is 9.32. The number of Topliss-reactive ketones (excluding diaryl/α,β-unsaturated/α-hetero) is 1. The second-order valence-corrected chi connectivity index (χ2v) is 15.2.